The van der Waals surface area contributed by atoms with Gasteiger partial charge in [0.05, 0.1) is 5.56 Å². The van der Waals surface area contributed by atoms with Gasteiger partial charge in [-0.15, -0.1) is 0 Å². The Balaban J connectivity index is 1.31. The van der Waals surface area contributed by atoms with E-state index < -0.39 is 11.6 Å². The molecular formula is C26H27NO6. The van der Waals surface area contributed by atoms with E-state index in [-0.39, 0.29) is 19.1 Å². The smallest absolute Gasteiger partial charge is 0.338 e. The molecule has 7 heteroatoms. The molecule has 33 heavy (non-hydrogen) atoms. The summed E-state index contributed by atoms with van der Waals surface area (Å²) in [6, 6.07) is 13.7. The minimum absolute atomic E-state index is 0.152. The number of carbonyl (C=O) groups excluding carboxylic acids is 2. The molecule has 7 nitrogen and oxygen atoms in total. The summed E-state index contributed by atoms with van der Waals surface area (Å²) in [7, 11) is 0. The molecule has 2 heterocycles. The van der Waals surface area contributed by atoms with Crippen molar-refractivity contribution in [3.05, 3.63) is 75.6 Å². The number of piperidine rings is 1. The number of rotatable bonds is 6. The second-order valence-corrected chi connectivity index (χ2v) is 8.56. The van der Waals surface area contributed by atoms with E-state index in [9.17, 15) is 14.4 Å². The molecule has 0 aliphatic carbocycles. The van der Waals surface area contributed by atoms with Gasteiger partial charge in [-0.2, -0.15) is 0 Å². The number of nitrogens with zero attached hydrogens (tertiary/aromatic N) is 1. The normalized spacial score (nSPS) is 15.9. The Kier molecular flexibility index (Phi) is 6.77. The monoisotopic (exact) mass is 449 g/mol. The Bertz CT molecular complexity index is 1210. The summed E-state index contributed by atoms with van der Waals surface area (Å²) in [6.45, 7) is 5.45. The van der Waals surface area contributed by atoms with Gasteiger partial charge in [-0.25, -0.2) is 9.59 Å². The molecule has 1 amide bonds. The Labute approximate surface area is 191 Å². The topological polar surface area (TPSA) is 86.0 Å². The van der Waals surface area contributed by atoms with Crippen LogP contribution in [0.4, 0.5) is 0 Å². The molecule has 0 bridgehead atoms. The molecule has 0 N–H and O–H groups in total. The number of aryl methyl sites for hydroxylation is 1. The molecule has 1 unspecified atom stereocenters. The molecule has 1 fully saturated rings. The Morgan fingerprint density at radius 3 is 2.67 bits per heavy atom. The van der Waals surface area contributed by atoms with Gasteiger partial charge in [0.25, 0.3) is 5.91 Å². The molecule has 4 rings (SSSR count). The maximum atomic E-state index is 12.3. The van der Waals surface area contributed by atoms with Crippen molar-refractivity contribution in [3.63, 3.8) is 0 Å². The summed E-state index contributed by atoms with van der Waals surface area (Å²) < 4.78 is 16.3. The van der Waals surface area contributed by atoms with Crippen molar-refractivity contribution in [2.24, 2.45) is 5.92 Å². The van der Waals surface area contributed by atoms with E-state index in [2.05, 4.69) is 6.92 Å². The third-order valence-corrected chi connectivity index (χ3v) is 5.85. The van der Waals surface area contributed by atoms with E-state index in [4.69, 9.17) is 13.9 Å². The second kappa shape index (κ2) is 9.90. The Morgan fingerprint density at radius 1 is 1.12 bits per heavy atom. The molecule has 1 aliphatic heterocycles. The number of fused-ring (bicyclic) bond motifs is 1. The Morgan fingerprint density at radius 2 is 1.91 bits per heavy atom. The van der Waals surface area contributed by atoms with E-state index in [0.29, 0.717) is 29.4 Å². The first-order chi connectivity index (χ1) is 15.9. The van der Waals surface area contributed by atoms with Crippen LogP contribution in [0, 0.1) is 12.8 Å². The Hall–Kier alpha value is -3.61. The molecule has 2 aromatic carbocycles. The van der Waals surface area contributed by atoms with E-state index in [1.165, 1.54) is 6.07 Å². The van der Waals surface area contributed by atoms with Crippen LogP contribution >= 0.6 is 0 Å². The van der Waals surface area contributed by atoms with Gasteiger partial charge in [0.1, 0.15) is 17.9 Å². The highest BCUT2D eigenvalue weighted by molar-refractivity contribution is 5.91. The van der Waals surface area contributed by atoms with Crippen LogP contribution < -0.4 is 10.4 Å². The van der Waals surface area contributed by atoms with Gasteiger partial charge in [0, 0.05) is 30.6 Å². The second-order valence-electron chi connectivity index (χ2n) is 8.56. The number of esters is 1. The summed E-state index contributed by atoms with van der Waals surface area (Å²) in [4.78, 5) is 37.9. The predicted octanol–water partition coefficient (Wildman–Crippen LogP) is 4.10. The number of amides is 1. The van der Waals surface area contributed by atoms with Crippen LogP contribution in [-0.4, -0.2) is 36.5 Å². The third-order valence-electron chi connectivity index (χ3n) is 5.85. The number of benzene rings is 2. The highest BCUT2D eigenvalue weighted by atomic mass is 16.5. The van der Waals surface area contributed by atoms with Crippen LogP contribution in [0.25, 0.3) is 11.0 Å². The molecule has 0 saturated carbocycles. The highest BCUT2D eigenvalue weighted by Gasteiger charge is 2.22. The number of carbonyl (C=O) groups is 2. The van der Waals surface area contributed by atoms with Gasteiger partial charge in [0.15, 0.2) is 6.61 Å². The fourth-order valence-corrected chi connectivity index (χ4v) is 4.02. The van der Waals surface area contributed by atoms with Crippen molar-refractivity contribution in [2.45, 2.75) is 33.3 Å². The third kappa shape index (κ3) is 5.61. The lowest BCUT2D eigenvalue weighted by atomic mass is 10.0. The maximum Gasteiger partial charge on any atom is 0.338 e. The molecular weight excluding hydrogens is 422 g/mol. The number of likely N-dealkylation sites (tertiary alicyclic amines) is 1. The van der Waals surface area contributed by atoms with Gasteiger partial charge >= 0.3 is 11.6 Å². The largest absolute Gasteiger partial charge is 0.489 e. The fraction of sp³-hybridized carbons (Fsp3) is 0.346. The summed E-state index contributed by atoms with van der Waals surface area (Å²) in [6.07, 6.45) is 2.11. The lowest BCUT2D eigenvalue weighted by molar-refractivity contribution is -0.136. The van der Waals surface area contributed by atoms with Crippen molar-refractivity contribution in [1.82, 2.24) is 4.90 Å². The average molecular weight is 450 g/mol. The lowest BCUT2D eigenvalue weighted by Crippen LogP contribution is -2.41. The zero-order chi connectivity index (χ0) is 23.4. The van der Waals surface area contributed by atoms with E-state index in [1.54, 1.807) is 35.2 Å². The average Bonchev–Trinajstić information content (AvgIpc) is 2.81. The molecule has 1 aromatic heterocycles. The molecule has 172 valence electrons. The van der Waals surface area contributed by atoms with Crippen molar-refractivity contribution in [2.75, 3.05) is 19.7 Å². The fourth-order valence-electron chi connectivity index (χ4n) is 4.02. The quantitative estimate of drug-likeness (QED) is 0.416. The van der Waals surface area contributed by atoms with Gasteiger partial charge in [-0.3, -0.25) is 4.79 Å². The predicted molar refractivity (Wildman–Crippen MR) is 123 cm³/mol. The van der Waals surface area contributed by atoms with Gasteiger partial charge in [-0.1, -0.05) is 19.1 Å². The van der Waals surface area contributed by atoms with Crippen molar-refractivity contribution >= 4 is 22.8 Å². The van der Waals surface area contributed by atoms with E-state index in [1.807, 2.05) is 19.1 Å². The lowest BCUT2D eigenvalue weighted by Gasteiger charge is -2.30. The van der Waals surface area contributed by atoms with Crippen LogP contribution in [0.3, 0.4) is 0 Å². The number of ether oxygens (including phenoxy) is 2. The van der Waals surface area contributed by atoms with Gasteiger partial charge in [-0.05, 0) is 61.1 Å². The zero-order valence-corrected chi connectivity index (χ0v) is 18.8. The summed E-state index contributed by atoms with van der Waals surface area (Å²) in [5.74, 6) is 0.373. The summed E-state index contributed by atoms with van der Waals surface area (Å²) >= 11 is 0. The van der Waals surface area contributed by atoms with Gasteiger partial charge in [0.2, 0.25) is 0 Å². The number of hydrogen-bond acceptors (Lipinski definition) is 6. The van der Waals surface area contributed by atoms with Crippen LogP contribution in [0.15, 0.2) is 57.7 Å². The highest BCUT2D eigenvalue weighted by Crippen LogP contribution is 2.23. The van der Waals surface area contributed by atoms with Crippen LogP contribution in [0.5, 0.6) is 5.75 Å². The first-order valence-corrected chi connectivity index (χ1v) is 11.1. The van der Waals surface area contributed by atoms with Crippen LogP contribution in [-0.2, 0) is 16.1 Å². The van der Waals surface area contributed by atoms with Gasteiger partial charge < -0.3 is 18.8 Å². The minimum atomic E-state index is -0.527. The SMILES string of the molecule is Cc1cc(=O)oc2cc(OCc3ccc(C(=O)OCC(=O)N4CCCC(C)C4)cc3)ccc12. The van der Waals surface area contributed by atoms with E-state index in [0.717, 1.165) is 35.9 Å². The van der Waals surface area contributed by atoms with Crippen molar-refractivity contribution in [1.29, 1.82) is 0 Å². The van der Waals surface area contributed by atoms with Crippen molar-refractivity contribution < 1.29 is 23.5 Å². The first kappa shape index (κ1) is 22.6. The standard InChI is InChI=1S/C26H27NO6/c1-17-4-3-11-27(14-17)24(28)16-32-26(30)20-7-5-19(6-8-20)15-31-21-9-10-22-18(2)12-25(29)33-23(22)13-21/h5-10,12-13,17H,3-4,11,14-16H2,1-2H3. The maximum absolute atomic E-state index is 12.3. The molecule has 1 saturated heterocycles. The molecule has 0 radical (unpaired) electrons. The summed E-state index contributed by atoms with van der Waals surface area (Å²) in [5, 5.41) is 0.859. The summed E-state index contributed by atoms with van der Waals surface area (Å²) in [5.41, 5.74) is 2.16. The first-order valence-electron chi connectivity index (χ1n) is 11.1. The molecule has 1 aliphatic rings. The van der Waals surface area contributed by atoms with Crippen LogP contribution in [0.2, 0.25) is 0 Å². The number of hydrogen-bond donors (Lipinski definition) is 0. The van der Waals surface area contributed by atoms with Crippen LogP contribution in [0.1, 0.15) is 41.3 Å². The van der Waals surface area contributed by atoms with E-state index >= 15 is 0 Å². The van der Waals surface area contributed by atoms with Crippen molar-refractivity contribution in [3.8, 4) is 5.75 Å². The molecule has 0 spiro atoms. The zero-order valence-electron chi connectivity index (χ0n) is 18.8. The molecule has 3 aromatic rings. The minimum Gasteiger partial charge on any atom is -0.489 e. The molecule has 1 atom stereocenters.